The summed E-state index contributed by atoms with van der Waals surface area (Å²) in [4.78, 5) is 69.1. The van der Waals surface area contributed by atoms with Crippen LogP contribution in [0.25, 0.3) is 10.2 Å². The maximum Gasteiger partial charge on any atom is 0.319 e. The van der Waals surface area contributed by atoms with Crippen molar-refractivity contribution in [3.05, 3.63) is 57.6 Å². The lowest BCUT2D eigenvalue weighted by Gasteiger charge is -2.27. The number of anilines is 1. The molecule has 2 aromatic carbocycles. The first-order chi connectivity index (χ1) is 20.6. The van der Waals surface area contributed by atoms with Crippen LogP contribution in [0.3, 0.4) is 0 Å². The van der Waals surface area contributed by atoms with Gasteiger partial charge >= 0.3 is 6.03 Å². The van der Waals surface area contributed by atoms with Gasteiger partial charge in [-0.05, 0) is 80.8 Å². The van der Waals surface area contributed by atoms with E-state index >= 15 is 0 Å². The van der Waals surface area contributed by atoms with Crippen LogP contribution in [0.4, 0.5) is 10.5 Å². The highest BCUT2D eigenvalue weighted by Gasteiger charge is 2.44. The number of carbonyl (C=O) groups is 5. The van der Waals surface area contributed by atoms with Gasteiger partial charge in [0.2, 0.25) is 11.8 Å². The number of nitrogens with zero attached hydrogens (tertiary/aromatic N) is 2. The van der Waals surface area contributed by atoms with Crippen molar-refractivity contribution < 1.29 is 28.7 Å². The molecule has 43 heavy (non-hydrogen) atoms. The first-order valence-corrected chi connectivity index (χ1v) is 15.4. The van der Waals surface area contributed by atoms with Gasteiger partial charge in [-0.3, -0.25) is 29.4 Å². The number of thiazole rings is 1. The van der Waals surface area contributed by atoms with Crippen LogP contribution < -0.4 is 16.0 Å². The second-order valence-corrected chi connectivity index (χ2v) is 13.3. The summed E-state index contributed by atoms with van der Waals surface area (Å²) in [6.45, 7) is 5.24. The Bertz CT molecular complexity index is 1720. The zero-order valence-electron chi connectivity index (χ0n) is 23.8. The fourth-order valence-electron chi connectivity index (χ4n) is 6.14. The summed E-state index contributed by atoms with van der Waals surface area (Å²) in [6, 6.07) is 7.43. The maximum atomic E-state index is 13.2. The Morgan fingerprint density at radius 2 is 1.81 bits per heavy atom. The highest BCUT2D eigenvalue weighted by atomic mass is 32.1. The minimum atomic E-state index is -1.05. The van der Waals surface area contributed by atoms with Crippen molar-refractivity contribution in [3.63, 3.8) is 0 Å². The van der Waals surface area contributed by atoms with E-state index < -0.39 is 41.2 Å². The van der Waals surface area contributed by atoms with Crippen LogP contribution in [-0.2, 0) is 19.9 Å². The molecule has 0 spiro atoms. The van der Waals surface area contributed by atoms with Crippen LogP contribution in [0.2, 0.25) is 0 Å². The summed E-state index contributed by atoms with van der Waals surface area (Å²) in [5.41, 5.74) is 3.30. The lowest BCUT2D eigenvalue weighted by molar-refractivity contribution is -0.136. The predicted octanol–water partition coefficient (Wildman–Crippen LogP) is 4.14. The van der Waals surface area contributed by atoms with E-state index in [1.54, 1.807) is 11.3 Å². The summed E-state index contributed by atoms with van der Waals surface area (Å²) in [7, 11) is 0. The molecule has 3 N–H and O–H groups in total. The van der Waals surface area contributed by atoms with Crippen molar-refractivity contribution in [2.45, 2.75) is 69.4 Å². The molecule has 4 heterocycles. The number of hydrogen-bond acceptors (Lipinski definition) is 8. The van der Waals surface area contributed by atoms with Gasteiger partial charge in [-0.25, -0.2) is 9.78 Å². The molecule has 12 heteroatoms. The molecule has 7 rings (SSSR count). The summed E-state index contributed by atoms with van der Waals surface area (Å²) in [6.07, 6.45) is 3.51. The van der Waals surface area contributed by atoms with Crippen molar-refractivity contribution in [2.75, 3.05) is 18.5 Å². The van der Waals surface area contributed by atoms with E-state index in [0.29, 0.717) is 24.1 Å². The number of hydrogen-bond donors (Lipinski definition) is 3. The molecule has 4 aliphatic rings. The maximum absolute atomic E-state index is 13.2. The van der Waals surface area contributed by atoms with Crippen LogP contribution in [-0.4, -0.2) is 58.8 Å². The number of piperidine rings is 1. The predicted molar refractivity (Wildman–Crippen MR) is 158 cm³/mol. The SMILES string of the molecule is CC(C)(NC(=O)Nc1ccc2c(c1)C(=O)N(C1CCC(=O)NC1=O)C2=O)c1nc2c([C@H]3CCOC3)cc(C3CC3)cc2s1. The third kappa shape index (κ3) is 4.98. The molecule has 3 aromatic rings. The van der Waals surface area contributed by atoms with Gasteiger partial charge in [0.05, 0.1) is 33.5 Å². The molecule has 11 nitrogen and oxygen atoms in total. The molecule has 1 aromatic heterocycles. The second kappa shape index (κ2) is 10.2. The Kier molecular flexibility index (Phi) is 6.58. The smallest absolute Gasteiger partial charge is 0.319 e. The Balaban J connectivity index is 1.09. The molecule has 3 fully saturated rings. The molecule has 3 aliphatic heterocycles. The van der Waals surface area contributed by atoms with Gasteiger partial charge in [-0.2, -0.15) is 0 Å². The molecular formula is C31H31N5O6S. The van der Waals surface area contributed by atoms with E-state index in [1.165, 1.54) is 42.2 Å². The first kappa shape index (κ1) is 27.7. The molecule has 0 radical (unpaired) electrons. The largest absolute Gasteiger partial charge is 0.381 e. The Labute approximate surface area is 251 Å². The summed E-state index contributed by atoms with van der Waals surface area (Å²) in [5.74, 6) is -1.42. The lowest BCUT2D eigenvalue weighted by Crippen LogP contribution is -2.54. The van der Waals surface area contributed by atoms with E-state index in [1.807, 2.05) is 13.8 Å². The highest BCUT2D eigenvalue weighted by Crippen LogP contribution is 2.45. The van der Waals surface area contributed by atoms with E-state index in [-0.39, 0.29) is 24.0 Å². The molecule has 2 saturated heterocycles. The first-order valence-electron chi connectivity index (χ1n) is 14.6. The van der Waals surface area contributed by atoms with Gasteiger partial charge in [0, 0.05) is 24.6 Å². The number of rotatable bonds is 6. The van der Waals surface area contributed by atoms with Gasteiger partial charge in [0.25, 0.3) is 11.8 Å². The number of carbonyl (C=O) groups excluding carboxylic acids is 5. The number of amides is 6. The number of fused-ring (bicyclic) bond motifs is 2. The van der Waals surface area contributed by atoms with Crippen molar-refractivity contribution >= 4 is 56.9 Å². The number of ether oxygens (including phenoxy) is 1. The molecule has 0 bridgehead atoms. The monoisotopic (exact) mass is 601 g/mol. The molecule has 1 unspecified atom stereocenters. The average molecular weight is 602 g/mol. The zero-order valence-corrected chi connectivity index (χ0v) is 24.6. The van der Waals surface area contributed by atoms with Gasteiger partial charge in [-0.1, -0.05) is 6.07 Å². The van der Waals surface area contributed by atoms with E-state index in [0.717, 1.165) is 33.2 Å². The van der Waals surface area contributed by atoms with Crippen molar-refractivity contribution in [1.29, 1.82) is 0 Å². The average Bonchev–Trinajstić information content (AvgIpc) is 3.38. The van der Waals surface area contributed by atoms with Crippen LogP contribution >= 0.6 is 11.3 Å². The minimum absolute atomic E-state index is 0.0409. The van der Waals surface area contributed by atoms with Crippen molar-refractivity contribution in [3.8, 4) is 0 Å². The topological polar surface area (TPSA) is 147 Å². The van der Waals surface area contributed by atoms with E-state index in [2.05, 4.69) is 28.1 Å². The lowest BCUT2D eigenvalue weighted by atomic mass is 9.94. The molecule has 222 valence electrons. The third-order valence-corrected chi connectivity index (χ3v) is 9.95. The van der Waals surface area contributed by atoms with E-state index in [9.17, 15) is 24.0 Å². The standard InChI is InChI=1S/C31H31N5O6S/c1-31(2,29-34-25-20(16-9-10-42-14-16)11-17(15-3-4-15)12-23(25)43-29)35-30(41)32-18-5-6-19-21(13-18)28(40)36(27(19)39)22-7-8-24(37)33-26(22)38/h5-6,11-13,15-16,22H,3-4,7-10,14H2,1-2H3,(H2,32,35,41)(H,33,37,38)/t16-,22?/m0/s1. The fraction of sp³-hybridized carbons (Fsp3) is 0.419. The third-order valence-electron chi connectivity index (χ3n) is 8.62. The summed E-state index contributed by atoms with van der Waals surface area (Å²) >= 11 is 1.58. The van der Waals surface area contributed by atoms with Crippen LogP contribution in [0, 0.1) is 0 Å². The fourth-order valence-corrected chi connectivity index (χ4v) is 7.24. The Morgan fingerprint density at radius 1 is 1.02 bits per heavy atom. The molecule has 2 atom stereocenters. The quantitative estimate of drug-likeness (QED) is 0.360. The van der Waals surface area contributed by atoms with Crippen molar-refractivity contribution in [1.82, 2.24) is 20.5 Å². The minimum Gasteiger partial charge on any atom is -0.381 e. The Morgan fingerprint density at radius 3 is 2.53 bits per heavy atom. The van der Waals surface area contributed by atoms with E-state index in [4.69, 9.17) is 9.72 Å². The van der Waals surface area contributed by atoms with Gasteiger partial charge in [0.15, 0.2) is 0 Å². The number of imide groups is 2. The zero-order chi connectivity index (χ0) is 30.0. The van der Waals surface area contributed by atoms with Gasteiger partial charge in [-0.15, -0.1) is 11.3 Å². The number of urea groups is 1. The molecule has 1 saturated carbocycles. The van der Waals surface area contributed by atoms with Gasteiger partial charge < -0.3 is 15.4 Å². The summed E-state index contributed by atoms with van der Waals surface area (Å²) < 4.78 is 6.79. The van der Waals surface area contributed by atoms with Crippen LogP contribution in [0.5, 0.6) is 0 Å². The summed E-state index contributed by atoms with van der Waals surface area (Å²) in [5, 5.41) is 8.73. The van der Waals surface area contributed by atoms with Crippen LogP contribution in [0.1, 0.15) is 94.6 Å². The Hall–Kier alpha value is -4.16. The van der Waals surface area contributed by atoms with Crippen LogP contribution in [0.15, 0.2) is 30.3 Å². The number of nitrogens with one attached hydrogen (secondary N) is 3. The van der Waals surface area contributed by atoms with Gasteiger partial charge in [0.1, 0.15) is 11.0 Å². The number of benzene rings is 2. The molecule has 1 aliphatic carbocycles. The second-order valence-electron chi connectivity index (χ2n) is 12.2. The highest BCUT2D eigenvalue weighted by molar-refractivity contribution is 7.18. The number of aromatic nitrogens is 1. The molecular weight excluding hydrogens is 570 g/mol. The normalized spacial score (nSPS) is 22.2. The molecule has 6 amide bonds. The van der Waals surface area contributed by atoms with Crippen molar-refractivity contribution in [2.24, 2.45) is 0 Å².